The molecule has 0 aromatic carbocycles. The lowest BCUT2D eigenvalue weighted by atomic mass is 10.1. The Balaban J connectivity index is 2.61. The minimum absolute atomic E-state index is 0.0414. The smallest absolute Gasteiger partial charge is 0.337 e. The summed E-state index contributed by atoms with van der Waals surface area (Å²) < 4.78 is 36.9. The molecule has 0 saturated carbocycles. The molecule has 1 aliphatic rings. The molecule has 6 heteroatoms. The zero-order chi connectivity index (χ0) is 12.3. The van der Waals surface area contributed by atoms with Gasteiger partial charge in [-0.2, -0.15) is 13.2 Å². The van der Waals surface area contributed by atoms with E-state index in [1.165, 1.54) is 4.90 Å². The van der Waals surface area contributed by atoms with Gasteiger partial charge in [-0.15, -0.1) is 0 Å². The van der Waals surface area contributed by atoms with Crippen LogP contribution in [0.2, 0.25) is 0 Å². The Morgan fingerprint density at radius 2 is 2.19 bits per heavy atom. The predicted molar refractivity (Wildman–Crippen MR) is 53.9 cm³/mol. The standard InChI is InChI=1S/C10H15F3N2O/c1-7(14-2)9(16)15-5-3-8(4-6-15)10(11,12)13/h3,7,14H,4-6H2,1-2H3. The van der Waals surface area contributed by atoms with Gasteiger partial charge in [-0.25, -0.2) is 0 Å². The van der Waals surface area contributed by atoms with Crippen LogP contribution in [0.1, 0.15) is 13.3 Å². The highest BCUT2D eigenvalue weighted by atomic mass is 19.4. The maximum atomic E-state index is 12.3. The van der Waals surface area contributed by atoms with Crippen molar-refractivity contribution in [3.63, 3.8) is 0 Å². The van der Waals surface area contributed by atoms with Crippen LogP contribution in [-0.4, -0.2) is 43.2 Å². The Kier molecular flexibility index (Phi) is 3.96. The third-order valence-corrected chi connectivity index (χ3v) is 2.69. The highest BCUT2D eigenvalue weighted by Crippen LogP contribution is 2.30. The summed E-state index contributed by atoms with van der Waals surface area (Å²) in [5.41, 5.74) is -0.534. The number of rotatable bonds is 2. The molecular weight excluding hydrogens is 221 g/mol. The van der Waals surface area contributed by atoms with Crippen molar-refractivity contribution in [2.24, 2.45) is 0 Å². The minimum Gasteiger partial charge on any atom is -0.337 e. The molecule has 0 aromatic heterocycles. The maximum absolute atomic E-state index is 12.3. The molecule has 1 amide bonds. The average Bonchev–Trinajstić information content (AvgIpc) is 2.26. The molecule has 3 nitrogen and oxygen atoms in total. The number of amides is 1. The zero-order valence-corrected chi connectivity index (χ0v) is 9.27. The van der Waals surface area contributed by atoms with Crippen molar-refractivity contribution >= 4 is 5.91 Å². The number of hydrogen-bond acceptors (Lipinski definition) is 2. The Labute approximate surface area is 92.3 Å². The van der Waals surface area contributed by atoms with E-state index in [1.54, 1.807) is 14.0 Å². The predicted octanol–water partition coefficient (Wildman–Crippen LogP) is 1.32. The number of nitrogens with one attached hydrogen (secondary N) is 1. The zero-order valence-electron chi connectivity index (χ0n) is 9.27. The summed E-state index contributed by atoms with van der Waals surface area (Å²) in [6.45, 7) is 1.86. The van der Waals surface area contributed by atoms with Crippen LogP contribution < -0.4 is 5.32 Å². The van der Waals surface area contributed by atoms with Gasteiger partial charge in [0.2, 0.25) is 5.91 Å². The molecule has 16 heavy (non-hydrogen) atoms. The summed E-state index contributed by atoms with van der Waals surface area (Å²) in [5, 5.41) is 2.77. The third kappa shape index (κ3) is 2.98. The number of nitrogens with zero attached hydrogens (tertiary/aromatic N) is 1. The monoisotopic (exact) mass is 236 g/mol. The van der Waals surface area contributed by atoms with Crippen LogP contribution >= 0.6 is 0 Å². The molecule has 1 atom stereocenters. The molecule has 0 saturated heterocycles. The molecule has 1 rings (SSSR count). The molecule has 1 N–H and O–H groups in total. The fraction of sp³-hybridized carbons (Fsp3) is 0.700. The van der Waals surface area contributed by atoms with E-state index in [-0.39, 0.29) is 31.5 Å². The van der Waals surface area contributed by atoms with Crippen LogP contribution in [0.4, 0.5) is 13.2 Å². The van der Waals surface area contributed by atoms with Crippen LogP contribution in [0.15, 0.2) is 11.6 Å². The lowest BCUT2D eigenvalue weighted by molar-refractivity contribution is -0.133. The van der Waals surface area contributed by atoms with Crippen LogP contribution in [0.5, 0.6) is 0 Å². The second kappa shape index (κ2) is 4.86. The summed E-state index contributed by atoms with van der Waals surface area (Å²) >= 11 is 0. The highest BCUT2D eigenvalue weighted by Gasteiger charge is 2.35. The van der Waals surface area contributed by atoms with Crippen LogP contribution in [0.25, 0.3) is 0 Å². The fourth-order valence-electron chi connectivity index (χ4n) is 1.52. The topological polar surface area (TPSA) is 32.3 Å². The lowest BCUT2D eigenvalue weighted by Gasteiger charge is -2.29. The van der Waals surface area contributed by atoms with Crippen molar-refractivity contribution in [1.29, 1.82) is 0 Å². The number of halogens is 3. The molecule has 1 unspecified atom stereocenters. The van der Waals surface area contributed by atoms with E-state index in [0.29, 0.717) is 0 Å². The fourth-order valence-corrected chi connectivity index (χ4v) is 1.52. The lowest BCUT2D eigenvalue weighted by Crippen LogP contribution is -2.45. The van der Waals surface area contributed by atoms with Crippen LogP contribution in [0.3, 0.4) is 0 Å². The summed E-state index contributed by atoms with van der Waals surface area (Å²) in [6.07, 6.45) is -3.29. The van der Waals surface area contributed by atoms with Crippen molar-refractivity contribution in [3.8, 4) is 0 Å². The largest absolute Gasteiger partial charge is 0.412 e. The minimum atomic E-state index is -4.26. The van der Waals surface area contributed by atoms with Gasteiger partial charge in [-0.3, -0.25) is 4.79 Å². The second-order valence-electron chi connectivity index (χ2n) is 3.77. The van der Waals surface area contributed by atoms with Crippen molar-refractivity contribution in [2.45, 2.75) is 25.6 Å². The first-order valence-corrected chi connectivity index (χ1v) is 5.08. The van der Waals surface area contributed by atoms with Gasteiger partial charge in [0.05, 0.1) is 6.04 Å². The number of alkyl halides is 3. The average molecular weight is 236 g/mol. The first-order chi connectivity index (χ1) is 7.36. The van der Waals surface area contributed by atoms with Gasteiger partial charge in [-0.05, 0) is 20.4 Å². The highest BCUT2D eigenvalue weighted by molar-refractivity contribution is 5.81. The Morgan fingerprint density at radius 1 is 1.56 bits per heavy atom. The van der Waals surface area contributed by atoms with Gasteiger partial charge in [0.15, 0.2) is 0 Å². The number of likely N-dealkylation sites (N-methyl/N-ethyl adjacent to an activating group) is 1. The van der Waals surface area contributed by atoms with Crippen molar-refractivity contribution in [3.05, 3.63) is 11.6 Å². The molecule has 0 radical (unpaired) electrons. The van der Waals surface area contributed by atoms with E-state index in [9.17, 15) is 18.0 Å². The normalized spacial score (nSPS) is 19.3. The number of hydrogen-bond donors (Lipinski definition) is 1. The van der Waals surface area contributed by atoms with Crippen molar-refractivity contribution in [2.75, 3.05) is 20.1 Å². The molecule has 0 aliphatic carbocycles. The maximum Gasteiger partial charge on any atom is 0.412 e. The van der Waals surface area contributed by atoms with Gasteiger partial charge in [0, 0.05) is 18.7 Å². The molecule has 0 bridgehead atoms. The van der Waals surface area contributed by atoms with Crippen molar-refractivity contribution < 1.29 is 18.0 Å². The van der Waals surface area contributed by atoms with Gasteiger partial charge in [0.1, 0.15) is 0 Å². The number of carbonyl (C=O) groups excluding carboxylic acids is 1. The molecule has 1 heterocycles. The molecule has 0 fully saturated rings. The van der Waals surface area contributed by atoms with Crippen LogP contribution in [-0.2, 0) is 4.79 Å². The van der Waals surface area contributed by atoms with Crippen LogP contribution in [0, 0.1) is 0 Å². The molecular formula is C10H15F3N2O. The van der Waals surface area contributed by atoms with E-state index >= 15 is 0 Å². The Bertz CT molecular complexity index is 299. The molecule has 0 spiro atoms. The number of carbonyl (C=O) groups is 1. The first-order valence-electron chi connectivity index (χ1n) is 5.08. The van der Waals surface area contributed by atoms with E-state index in [2.05, 4.69) is 5.32 Å². The SMILES string of the molecule is CNC(C)C(=O)N1CC=C(C(F)(F)F)CC1. The first kappa shape index (κ1) is 13.0. The summed E-state index contributed by atoms with van der Waals surface area (Å²) in [5.74, 6) is -0.167. The van der Waals surface area contributed by atoms with E-state index in [1.807, 2.05) is 0 Å². The second-order valence-corrected chi connectivity index (χ2v) is 3.77. The van der Waals surface area contributed by atoms with Crippen molar-refractivity contribution in [1.82, 2.24) is 10.2 Å². The quantitative estimate of drug-likeness (QED) is 0.733. The van der Waals surface area contributed by atoms with E-state index < -0.39 is 11.7 Å². The Hall–Kier alpha value is -1.04. The molecule has 1 aliphatic heterocycles. The molecule has 0 aromatic rings. The van der Waals surface area contributed by atoms with Gasteiger partial charge in [-0.1, -0.05) is 6.08 Å². The van der Waals surface area contributed by atoms with Gasteiger partial charge < -0.3 is 10.2 Å². The summed E-state index contributed by atoms with van der Waals surface area (Å²) in [4.78, 5) is 13.1. The Morgan fingerprint density at radius 3 is 2.56 bits per heavy atom. The third-order valence-electron chi connectivity index (χ3n) is 2.69. The van der Waals surface area contributed by atoms with E-state index in [0.717, 1.165) is 6.08 Å². The summed E-state index contributed by atoms with van der Waals surface area (Å²) in [6, 6.07) is -0.360. The van der Waals surface area contributed by atoms with E-state index in [4.69, 9.17) is 0 Å². The van der Waals surface area contributed by atoms with Gasteiger partial charge in [0.25, 0.3) is 0 Å². The molecule has 92 valence electrons. The van der Waals surface area contributed by atoms with Gasteiger partial charge >= 0.3 is 6.18 Å². The summed E-state index contributed by atoms with van der Waals surface area (Å²) in [7, 11) is 1.64.